The van der Waals surface area contributed by atoms with Crippen molar-refractivity contribution in [3.63, 3.8) is 0 Å². The van der Waals surface area contributed by atoms with Crippen molar-refractivity contribution in [2.75, 3.05) is 6.54 Å². The maximum absolute atomic E-state index is 12.0. The molecule has 19 heavy (non-hydrogen) atoms. The number of nitrogens with one attached hydrogen (secondary N) is 1. The van der Waals surface area contributed by atoms with Gasteiger partial charge in [0.1, 0.15) is 0 Å². The number of thiophene rings is 1. The fraction of sp³-hybridized carbons (Fsp3) is 0.429. The molecule has 1 amide bonds. The largest absolute Gasteiger partial charge is 0.350 e. The van der Waals surface area contributed by atoms with Gasteiger partial charge >= 0.3 is 0 Å². The Morgan fingerprint density at radius 1 is 1.58 bits per heavy atom. The van der Waals surface area contributed by atoms with Crippen LogP contribution in [-0.4, -0.2) is 22.2 Å². The van der Waals surface area contributed by atoms with Crippen LogP contribution in [0, 0.1) is 5.92 Å². The summed E-state index contributed by atoms with van der Waals surface area (Å²) >= 11 is 1.65. The van der Waals surface area contributed by atoms with Crippen molar-refractivity contribution in [1.82, 2.24) is 15.1 Å². The zero-order valence-corrected chi connectivity index (χ0v) is 11.7. The first-order valence-electron chi connectivity index (χ1n) is 6.66. The van der Waals surface area contributed by atoms with E-state index in [1.807, 2.05) is 23.1 Å². The first kappa shape index (κ1) is 12.4. The minimum Gasteiger partial charge on any atom is -0.350 e. The van der Waals surface area contributed by atoms with Crippen LogP contribution in [0.5, 0.6) is 0 Å². The van der Waals surface area contributed by atoms with Crippen molar-refractivity contribution in [1.29, 1.82) is 0 Å². The number of hydrogen-bond acceptors (Lipinski definition) is 3. The fourth-order valence-corrected chi connectivity index (χ4v) is 2.71. The van der Waals surface area contributed by atoms with Crippen molar-refractivity contribution in [3.8, 4) is 11.3 Å². The second-order valence-corrected chi connectivity index (χ2v) is 5.68. The summed E-state index contributed by atoms with van der Waals surface area (Å²) in [6.07, 6.45) is 2.48. The normalized spacial score (nSPS) is 14.6. The van der Waals surface area contributed by atoms with Gasteiger partial charge in [0.05, 0.1) is 5.69 Å². The predicted octanol–water partition coefficient (Wildman–Crippen LogP) is 2.77. The van der Waals surface area contributed by atoms with E-state index in [0.717, 1.165) is 24.3 Å². The fourth-order valence-electron chi connectivity index (χ4n) is 2.06. The van der Waals surface area contributed by atoms with E-state index in [1.54, 1.807) is 11.3 Å². The number of carbonyl (C=O) groups excluding carboxylic acids is 1. The van der Waals surface area contributed by atoms with Crippen molar-refractivity contribution in [2.24, 2.45) is 5.92 Å². The molecule has 3 rings (SSSR count). The molecule has 0 aliphatic heterocycles. The highest BCUT2D eigenvalue weighted by Crippen LogP contribution is 2.28. The molecule has 2 aromatic rings. The molecular formula is C14H17N3OS. The van der Waals surface area contributed by atoms with Crippen molar-refractivity contribution in [2.45, 2.75) is 26.3 Å². The van der Waals surface area contributed by atoms with Gasteiger partial charge in [-0.15, -0.1) is 0 Å². The van der Waals surface area contributed by atoms with Gasteiger partial charge < -0.3 is 5.32 Å². The number of amides is 1. The van der Waals surface area contributed by atoms with E-state index in [9.17, 15) is 4.79 Å². The average molecular weight is 275 g/mol. The summed E-state index contributed by atoms with van der Waals surface area (Å²) < 4.78 is 1.88. The zero-order chi connectivity index (χ0) is 13.2. The Morgan fingerprint density at radius 3 is 3.05 bits per heavy atom. The molecule has 0 unspecified atom stereocenters. The van der Waals surface area contributed by atoms with Gasteiger partial charge in [0.15, 0.2) is 5.69 Å². The van der Waals surface area contributed by atoms with Crippen LogP contribution in [-0.2, 0) is 6.54 Å². The number of rotatable bonds is 5. The summed E-state index contributed by atoms with van der Waals surface area (Å²) in [5.41, 5.74) is 2.66. The average Bonchev–Trinajstić information content (AvgIpc) is 2.94. The molecule has 2 aromatic heterocycles. The van der Waals surface area contributed by atoms with Crippen LogP contribution in [0.15, 0.2) is 22.9 Å². The molecule has 1 aliphatic carbocycles. The Labute approximate surface area is 116 Å². The second kappa shape index (κ2) is 5.17. The van der Waals surface area contributed by atoms with Crippen LogP contribution in [0.25, 0.3) is 11.3 Å². The SMILES string of the molecule is CCn1nc(C(=O)NCC2CC2)cc1-c1ccsc1. The molecule has 5 heteroatoms. The van der Waals surface area contributed by atoms with Crippen LogP contribution in [0.1, 0.15) is 30.3 Å². The maximum Gasteiger partial charge on any atom is 0.271 e. The van der Waals surface area contributed by atoms with Crippen LogP contribution in [0.4, 0.5) is 0 Å². The highest BCUT2D eigenvalue weighted by atomic mass is 32.1. The Kier molecular flexibility index (Phi) is 3.38. The number of aromatic nitrogens is 2. The molecule has 0 saturated heterocycles. The molecule has 1 N–H and O–H groups in total. The Hall–Kier alpha value is -1.62. The van der Waals surface area contributed by atoms with Crippen LogP contribution < -0.4 is 5.32 Å². The lowest BCUT2D eigenvalue weighted by atomic mass is 10.2. The quantitative estimate of drug-likeness (QED) is 0.912. The van der Waals surface area contributed by atoms with Crippen LogP contribution in [0.3, 0.4) is 0 Å². The Balaban J connectivity index is 1.80. The first-order chi connectivity index (χ1) is 9.28. The van der Waals surface area contributed by atoms with Crippen molar-refractivity contribution in [3.05, 3.63) is 28.6 Å². The molecule has 0 radical (unpaired) electrons. The van der Waals surface area contributed by atoms with E-state index in [0.29, 0.717) is 11.6 Å². The van der Waals surface area contributed by atoms with E-state index >= 15 is 0 Å². The summed E-state index contributed by atoms with van der Waals surface area (Å²) in [7, 11) is 0. The molecule has 1 aliphatic rings. The lowest BCUT2D eigenvalue weighted by molar-refractivity contribution is 0.0946. The Morgan fingerprint density at radius 2 is 2.42 bits per heavy atom. The highest BCUT2D eigenvalue weighted by molar-refractivity contribution is 7.08. The third-order valence-corrected chi connectivity index (χ3v) is 4.06. The minimum atomic E-state index is -0.0596. The Bertz CT molecular complexity index is 570. The van der Waals surface area contributed by atoms with Gasteiger partial charge in [0, 0.05) is 24.0 Å². The van der Waals surface area contributed by atoms with E-state index < -0.39 is 0 Å². The van der Waals surface area contributed by atoms with Gasteiger partial charge in [-0.2, -0.15) is 16.4 Å². The smallest absolute Gasteiger partial charge is 0.271 e. The number of nitrogens with zero attached hydrogens (tertiary/aromatic N) is 2. The summed E-state index contributed by atoms with van der Waals surface area (Å²) in [5.74, 6) is 0.629. The predicted molar refractivity (Wildman–Crippen MR) is 76.3 cm³/mol. The molecule has 2 heterocycles. The van der Waals surface area contributed by atoms with Crippen molar-refractivity contribution < 1.29 is 4.79 Å². The summed E-state index contributed by atoms with van der Waals surface area (Å²) in [6, 6.07) is 3.94. The van der Waals surface area contributed by atoms with Gasteiger partial charge in [-0.1, -0.05) is 0 Å². The summed E-state index contributed by atoms with van der Waals surface area (Å²) in [4.78, 5) is 12.0. The van der Waals surface area contributed by atoms with E-state index in [-0.39, 0.29) is 5.91 Å². The van der Waals surface area contributed by atoms with Gasteiger partial charge in [-0.05, 0) is 43.2 Å². The monoisotopic (exact) mass is 275 g/mol. The summed E-state index contributed by atoms with van der Waals surface area (Å²) in [5, 5.41) is 11.5. The number of aryl methyl sites for hydroxylation is 1. The molecule has 1 fully saturated rings. The third kappa shape index (κ3) is 2.71. The number of carbonyl (C=O) groups is 1. The second-order valence-electron chi connectivity index (χ2n) is 4.90. The van der Waals surface area contributed by atoms with Gasteiger partial charge in [0.25, 0.3) is 5.91 Å². The molecular weight excluding hydrogens is 258 g/mol. The van der Waals surface area contributed by atoms with Gasteiger partial charge in [-0.3, -0.25) is 9.48 Å². The lowest BCUT2D eigenvalue weighted by Crippen LogP contribution is -2.26. The molecule has 100 valence electrons. The van der Waals surface area contributed by atoms with Gasteiger partial charge in [0.2, 0.25) is 0 Å². The van der Waals surface area contributed by atoms with E-state index in [2.05, 4.69) is 21.9 Å². The zero-order valence-electron chi connectivity index (χ0n) is 10.9. The van der Waals surface area contributed by atoms with Gasteiger partial charge in [-0.25, -0.2) is 0 Å². The summed E-state index contributed by atoms with van der Waals surface area (Å²) in [6.45, 7) is 3.58. The van der Waals surface area contributed by atoms with Crippen molar-refractivity contribution >= 4 is 17.2 Å². The molecule has 1 saturated carbocycles. The number of hydrogen-bond donors (Lipinski definition) is 1. The molecule has 0 spiro atoms. The van der Waals surface area contributed by atoms with E-state index in [4.69, 9.17) is 0 Å². The standard InChI is InChI=1S/C14H17N3OS/c1-2-17-13(11-5-6-19-9-11)7-12(16-17)14(18)15-8-10-3-4-10/h5-7,9-10H,2-4,8H2,1H3,(H,15,18). The van der Waals surface area contributed by atoms with Crippen LogP contribution >= 0.6 is 11.3 Å². The lowest BCUT2D eigenvalue weighted by Gasteiger charge is -2.01. The molecule has 0 bridgehead atoms. The van der Waals surface area contributed by atoms with E-state index in [1.165, 1.54) is 12.8 Å². The highest BCUT2D eigenvalue weighted by Gasteiger charge is 2.23. The first-order valence-corrected chi connectivity index (χ1v) is 7.61. The minimum absolute atomic E-state index is 0.0596. The molecule has 0 atom stereocenters. The molecule has 0 aromatic carbocycles. The maximum atomic E-state index is 12.0. The third-order valence-electron chi connectivity index (χ3n) is 3.38. The molecule has 4 nitrogen and oxygen atoms in total. The van der Waals surface area contributed by atoms with Crippen LogP contribution in [0.2, 0.25) is 0 Å². The topological polar surface area (TPSA) is 46.9 Å².